The third-order valence-electron chi connectivity index (χ3n) is 5.27. The normalized spacial score (nSPS) is 18.6. The monoisotopic (exact) mass is 417 g/mol. The number of ketones is 1. The molecule has 1 aliphatic carbocycles. The number of hydrogen-bond donors (Lipinski definition) is 2. The average molecular weight is 418 g/mol. The van der Waals surface area contributed by atoms with Crippen molar-refractivity contribution in [3.8, 4) is 0 Å². The van der Waals surface area contributed by atoms with Gasteiger partial charge in [0.05, 0.1) is 12.6 Å². The average Bonchev–Trinajstić information content (AvgIpc) is 3.47. The van der Waals surface area contributed by atoms with E-state index in [2.05, 4.69) is 15.6 Å². The molecule has 1 amide bonds. The summed E-state index contributed by atoms with van der Waals surface area (Å²) in [5, 5.41) is 6.24. The Hall–Kier alpha value is -1.90. The molecule has 4 rings (SSSR count). The molecule has 0 spiro atoms. The number of Topliss-reactive ketones (excluding diaryl/α,β-unsaturated/α-hetero) is 1. The Balaban J connectivity index is 1.31. The fourth-order valence-electron chi connectivity index (χ4n) is 3.34. The lowest BCUT2D eigenvalue weighted by atomic mass is 10.1. The Morgan fingerprint density at radius 1 is 1.17 bits per heavy atom. The Morgan fingerprint density at radius 3 is 2.72 bits per heavy atom. The van der Waals surface area contributed by atoms with Gasteiger partial charge in [-0.15, -0.1) is 0 Å². The summed E-state index contributed by atoms with van der Waals surface area (Å²) in [6, 6.07) is 7.18. The Morgan fingerprint density at radius 2 is 1.97 bits per heavy atom. The van der Waals surface area contributed by atoms with Crippen molar-refractivity contribution in [3.05, 3.63) is 30.2 Å². The van der Waals surface area contributed by atoms with Gasteiger partial charge in [-0.3, -0.25) is 9.59 Å². The first kappa shape index (κ1) is 20.4. The Labute approximate surface area is 174 Å². The molecule has 8 heteroatoms. The summed E-state index contributed by atoms with van der Waals surface area (Å²) in [6.45, 7) is 1.32. The Bertz CT molecular complexity index is 812. The van der Waals surface area contributed by atoms with Crippen molar-refractivity contribution in [3.63, 3.8) is 0 Å². The van der Waals surface area contributed by atoms with Crippen molar-refractivity contribution < 1.29 is 18.7 Å². The number of nitrogens with one attached hydrogen (secondary N) is 2. The molecule has 1 aliphatic heterocycles. The van der Waals surface area contributed by atoms with Crippen molar-refractivity contribution in [2.24, 2.45) is 5.92 Å². The van der Waals surface area contributed by atoms with Gasteiger partial charge in [-0.2, -0.15) is 11.8 Å². The van der Waals surface area contributed by atoms with E-state index in [1.165, 1.54) is 12.8 Å². The number of aromatic nitrogens is 1. The van der Waals surface area contributed by atoms with E-state index in [4.69, 9.17) is 9.15 Å². The molecule has 1 saturated carbocycles. The van der Waals surface area contributed by atoms with E-state index in [1.807, 2.05) is 23.9 Å². The molecule has 2 heterocycles. The standard InChI is InChI=1S/C21H27N3O4S/c25-18(21-24-16-3-1-2-4-19(16)28-21)11-22-20(26)17(13-29-12-14-5-6-14)23-15-7-9-27-10-8-15/h1-4,14-15,17,23H,5-13H2,(H,22,26). The van der Waals surface area contributed by atoms with Crippen LogP contribution in [0.4, 0.5) is 0 Å². The number of carbonyl (C=O) groups is 2. The smallest absolute Gasteiger partial charge is 0.266 e. The molecule has 2 aromatic rings. The van der Waals surface area contributed by atoms with Crippen LogP contribution in [0.5, 0.6) is 0 Å². The zero-order valence-corrected chi connectivity index (χ0v) is 17.2. The number of oxazole rings is 1. The molecular weight excluding hydrogens is 390 g/mol. The van der Waals surface area contributed by atoms with Crippen molar-refractivity contribution in [2.45, 2.75) is 37.8 Å². The summed E-state index contributed by atoms with van der Waals surface area (Å²) in [4.78, 5) is 29.4. The molecule has 0 bridgehead atoms. The number of nitrogens with zero attached hydrogens (tertiary/aromatic N) is 1. The molecule has 1 unspecified atom stereocenters. The van der Waals surface area contributed by atoms with Crippen molar-refractivity contribution >= 4 is 34.6 Å². The van der Waals surface area contributed by atoms with E-state index in [1.54, 1.807) is 12.1 Å². The number of para-hydroxylation sites is 2. The van der Waals surface area contributed by atoms with Crippen LogP contribution < -0.4 is 10.6 Å². The van der Waals surface area contributed by atoms with Gasteiger partial charge in [0, 0.05) is 25.0 Å². The Kier molecular flexibility index (Phi) is 6.84. The van der Waals surface area contributed by atoms with Crippen LogP contribution >= 0.6 is 11.8 Å². The van der Waals surface area contributed by atoms with Crippen molar-refractivity contribution in [1.29, 1.82) is 0 Å². The van der Waals surface area contributed by atoms with E-state index in [0.29, 0.717) is 16.9 Å². The molecule has 1 aromatic carbocycles. The zero-order valence-electron chi connectivity index (χ0n) is 16.4. The summed E-state index contributed by atoms with van der Waals surface area (Å²) in [5.41, 5.74) is 1.20. The van der Waals surface area contributed by atoms with Crippen LogP contribution in [0.3, 0.4) is 0 Å². The number of carbonyl (C=O) groups excluding carboxylic acids is 2. The number of hydrogen-bond acceptors (Lipinski definition) is 7. The topological polar surface area (TPSA) is 93.5 Å². The highest BCUT2D eigenvalue weighted by molar-refractivity contribution is 7.99. The second kappa shape index (κ2) is 9.73. The number of benzene rings is 1. The first-order valence-corrected chi connectivity index (χ1v) is 11.4. The summed E-state index contributed by atoms with van der Waals surface area (Å²) >= 11 is 1.81. The van der Waals surface area contributed by atoms with E-state index in [9.17, 15) is 9.59 Å². The molecule has 1 saturated heterocycles. The molecule has 2 aliphatic rings. The van der Waals surface area contributed by atoms with E-state index >= 15 is 0 Å². The first-order valence-electron chi connectivity index (χ1n) is 10.3. The van der Waals surface area contributed by atoms with E-state index in [-0.39, 0.29) is 36.2 Å². The molecule has 2 N–H and O–H groups in total. The maximum Gasteiger partial charge on any atom is 0.266 e. The second-order valence-corrected chi connectivity index (χ2v) is 8.79. The molecule has 29 heavy (non-hydrogen) atoms. The van der Waals surface area contributed by atoms with Gasteiger partial charge in [0.15, 0.2) is 5.58 Å². The van der Waals surface area contributed by atoms with Crippen LogP contribution in [-0.2, 0) is 9.53 Å². The number of thioether (sulfide) groups is 1. The highest BCUT2D eigenvalue weighted by Gasteiger charge is 2.27. The molecule has 1 atom stereocenters. The van der Waals surface area contributed by atoms with Gasteiger partial charge < -0.3 is 19.8 Å². The van der Waals surface area contributed by atoms with Crippen molar-refractivity contribution in [2.75, 3.05) is 31.3 Å². The van der Waals surface area contributed by atoms with Gasteiger partial charge in [0.25, 0.3) is 5.89 Å². The minimum atomic E-state index is -0.329. The van der Waals surface area contributed by atoms with Gasteiger partial charge in [-0.05, 0) is 49.5 Å². The summed E-state index contributed by atoms with van der Waals surface area (Å²) in [6.07, 6.45) is 4.41. The predicted octanol–water partition coefficient (Wildman–Crippen LogP) is 2.41. The minimum absolute atomic E-state index is 0.0311. The summed E-state index contributed by atoms with van der Waals surface area (Å²) in [5.74, 6) is 2.17. The highest BCUT2D eigenvalue weighted by Crippen LogP contribution is 2.32. The number of amides is 1. The minimum Gasteiger partial charge on any atom is -0.434 e. The van der Waals surface area contributed by atoms with Crippen LogP contribution in [0.2, 0.25) is 0 Å². The number of ether oxygens (including phenoxy) is 1. The highest BCUT2D eigenvalue weighted by atomic mass is 32.2. The first-order chi connectivity index (χ1) is 14.2. The van der Waals surface area contributed by atoms with Crippen LogP contribution in [0.25, 0.3) is 11.1 Å². The molecule has 2 fully saturated rings. The number of rotatable bonds is 10. The lowest BCUT2D eigenvalue weighted by Gasteiger charge is -2.28. The lowest BCUT2D eigenvalue weighted by molar-refractivity contribution is -0.122. The molecule has 156 valence electrons. The van der Waals surface area contributed by atoms with Crippen LogP contribution in [0.15, 0.2) is 28.7 Å². The SMILES string of the molecule is O=C(CNC(=O)C(CSCC1CC1)NC1CCOCC1)c1nc2ccccc2o1. The predicted molar refractivity (Wildman–Crippen MR) is 112 cm³/mol. The van der Waals surface area contributed by atoms with Gasteiger partial charge in [0.1, 0.15) is 5.52 Å². The second-order valence-electron chi connectivity index (χ2n) is 7.71. The third-order valence-corrected chi connectivity index (χ3v) is 6.54. The fraction of sp³-hybridized carbons (Fsp3) is 0.571. The molecule has 0 radical (unpaired) electrons. The zero-order chi connectivity index (χ0) is 20.1. The molecule has 1 aromatic heterocycles. The fourth-order valence-corrected chi connectivity index (χ4v) is 4.63. The van der Waals surface area contributed by atoms with Gasteiger partial charge in [-0.1, -0.05) is 12.1 Å². The van der Waals surface area contributed by atoms with Crippen molar-refractivity contribution in [1.82, 2.24) is 15.6 Å². The van der Waals surface area contributed by atoms with Gasteiger partial charge in [0.2, 0.25) is 11.7 Å². The summed E-state index contributed by atoms with van der Waals surface area (Å²) in [7, 11) is 0. The molecular formula is C21H27N3O4S. The van der Waals surface area contributed by atoms with Crippen LogP contribution in [-0.4, -0.2) is 60.0 Å². The largest absolute Gasteiger partial charge is 0.434 e. The maximum absolute atomic E-state index is 12.8. The summed E-state index contributed by atoms with van der Waals surface area (Å²) < 4.78 is 10.9. The number of fused-ring (bicyclic) bond motifs is 1. The molecule has 7 nitrogen and oxygen atoms in total. The van der Waals surface area contributed by atoms with Crippen LogP contribution in [0, 0.1) is 5.92 Å². The van der Waals surface area contributed by atoms with E-state index in [0.717, 1.165) is 37.7 Å². The quantitative estimate of drug-likeness (QED) is 0.574. The van der Waals surface area contributed by atoms with Crippen LogP contribution in [0.1, 0.15) is 36.4 Å². The van der Waals surface area contributed by atoms with Gasteiger partial charge in [-0.25, -0.2) is 4.98 Å². The lowest BCUT2D eigenvalue weighted by Crippen LogP contribution is -2.52. The third kappa shape index (κ3) is 5.81. The van der Waals surface area contributed by atoms with Gasteiger partial charge >= 0.3 is 0 Å². The maximum atomic E-state index is 12.8. The van der Waals surface area contributed by atoms with E-state index < -0.39 is 0 Å².